The van der Waals surface area contributed by atoms with Gasteiger partial charge in [-0.1, -0.05) is 12.1 Å². The summed E-state index contributed by atoms with van der Waals surface area (Å²) < 4.78 is 31.9. The molecule has 0 radical (unpaired) electrons. The first-order valence-corrected chi connectivity index (χ1v) is 10.1. The minimum atomic E-state index is -3.37. The summed E-state index contributed by atoms with van der Waals surface area (Å²) in [5.74, 6) is 0.258. The first-order valence-electron chi connectivity index (χ1n) is 8.51. The largest absolute Gasteiger partial charge is 0.380 e. The zero-order valence-corrected chi connectivity index (χ0v) is 15.2. The molecule has 1 aromatic carbocycles. The van der Waals surface area contributed by atoms with E-state index in [2.05, 4.69) is 15.3 Å². The molecular weight excluding hydrogens is 368 g/mol. The van der Waals surface area contributed by atoms with Gasteiger partial charge in [0.1, 0.15) is 0 Å². The predicted molar refractivity (Wildman–Crippen MR) is 97.0 cm³/mol. The summed E-state index contributed by atoms with van der Waals surface area (Å²) in [4.78, 5) is 20.7. The van der Waals surface area contributed by atoms with Crippen molar-refractivity contribution in [1.29, 1.82) is 0 Å². The van der Waals surface area contributed by atoms with Gasteiger partial charge in [0.25, 0.3) is 5.91 Å². The zero-order chi connectivity index (χ0) is 18.9. The summed E-state index contributed by atoms with van der Waals surface area (Å²) in [5.41, 5.74) is 1.22. The topological polar surface area (TPSA) is 103 Å². The van der Waals surface area contributed by atoms with Crippen molar-refractivity contribution in [1.82, 2.24) is 19.7 Å². The molecule has 1 saturated heterocycles. The fourth-order valence-corrected chi connectivity index (χ4v) is 4.55. The molecule has 9 heteroatoms. The van der Waals surface area contributed by atoms with E-state index in [-0.39, 0.29) is 24.0 Å². The van der Waals surface area contributed by atoms with E-state index in [9.17, 15) is 13.2 Å². The van der Waals surface area contributed by atoms with Crippen LogP contribution in [0.15, 0.2) is 53.9 Å². The van der Waals surface area contributed by atoms with Gasteiger partial charge in [-0.15, -0.1) is 0 Å². The Labute approximate surface area is 156 Å². The number of imidazole rings is 1. The Balaban J connectivity index is 1.41. The molecule has 140 valence electrons. The van der Waals surface area contributed by atoms with E-state index in [4.69, 9.17) is 4.74 Å². The minimum Gasteiger partial charge on any atom is -0.380 e. The number of sulfone groups is 1. The lowest BCUT2D eigenvalue weighted by Crippen LogP contribution is -2.23. The summed E-state index contributed by atoms with van der Waals surface area (Å²) in [5, 5.41) is 2.33. The summed E-state index contributed by atoms with van der Waals surface area (Å²) in [6.07, 6.45) is 6.97. The molecule has 3 aromatic rings. The highest BCUT2D eigenvalue weighted by Gasteiger charge is 2.30. The summed E-state index contributed by atoms with van der Waals surface area (Å²) in [6.45, 7) is 1.01. The molecule has 1 aliphatic heterocycles. The summed E-state index contributed by atoms with van der Waals surface area (Å²) in [6, 6.07) is 6.57. The molecule has 1 atom stereocenters. The van der Waals surface area contributed by atoms with Gasteiger partial charge >= 0.3 is 0 Å². The predicted octanol–water partition coefficient (Wildman–Crippen LogP) is 1.22. The van der Waals surface area contributed by atoms with Gasteiger partial charge in [-0.2, -0.15) is 0 Å². The number of benzene rings is 1. The van der Waals surface area contributed by atoms with Gasteiger partial charge in [0.05, 0.1) is 22.3 Å². The monoisotopic (exact) mass is 386 g/mol. The first kappa shape index (κ1) is 17.6. The molecule has 0 bridgehead atoms. The van der Waals surface area contributed by atoms with Crippen LogP contribution < -0.4 is 5.32 Å². The van der Waals surface area contributed by atoms with Crippen LogP contribution in [0.25, 0.3) is 5.78 Å². The van der Waals surface area contributed by atoms with E-state index in [1.165, 1.54) is 6.20 Å². The fraction of sp³-hybridized carbons (Fsp3) is 0.278. The lowest BCUT2D eigenvalue weighted by molar-refractivity contribution is 0.0950. The molecule has 0 spiro atoms. The van der Waals surface area contributed by atoms with Crippen molar-refractivity contribution in [2.24, 2.45) is 0 Å². The van der Waals surface area contributed by atoms with Crippen LogP contribution in [-0.4, -0.2) is 47.2 Å². The average Bonchev–Trinajstić information content (AvgIpc) is 3.37. The number of carbonyl (C=O) groups excluding carboxylic acids is 1. The van der Waals surface area contributed by atoms with Crippen LogP contribution in [0.4, 0.5) is 0 Å². The van der Waals surface area contributed by atoms with Gasteiger partial charge in [-0.3, -0.25) is 9.20 Å². The molecule has 8 nitrogen and oxygen atoms in total. The van der Waals surface area contributed by atoms with Crippen molar-refractivity contribution in [2.75, 3.05) is 13.2 Å². The van der Waals surface area contributed by atoms with Crippen molar-refractivity contribution in [2.45, 2.75) is 23.1 Å². The van der Waals surface area contributed by atoms with Gasteiger partial charge < -0.3 is 10.1 Å². The van der Waals surface area contributed by atoms with Crippen LogP contribution in [0.1, 0.15) is 22.3 Å². The van der Waals surface area contributed by atoms with Crippen LogP contribution in [0.3, 0.4) is 0 Å². The molecule has 1 fully saturated rings. The molecular formula is C18H18N4O4S. The maximum absolute atomic E-state index is 12.5. The standard InChI is InChI=1S/C18H18N4O4S/c23-17(14-10-21-18-19-6-7-22(18)11-14)20-9-13-1-3-15(4-2-13)27(24,25)16-5-8-26-12-16/h1-4,6-7,10-11,16H,5,8-9,12H2,(H,20,23). The lowest BCUT2D eigenvalue weighted by atomic mass is 10.2. The number of nitrogens with zero attached hydrogens (tertiary/aromatic N) is 3. The van der Waals surface area contributed by atoms with E-state index in [1.807, 2.05) is 0 Å². The third-order valence-corrected chi connectivity index (χ3v) is 6.72. The Bertz CT molecular complexity index is 1070. The van der Waals surface area contributed by atoms with Crippen molar-refractivity contribution in [3.63, 3.8) is 0 Å². The second kappa shape index (κ2) is 7.09. The third kappa shape index (κ3) is 3.56. The number of fused-ring (bicyclic) bond motifs is 1. The number of rotatable bonds is 5. The molecule has 3 heterocycles. The number of nitrogens with one attached hydrogen (secondary N) is 1. The second-order valence-corrected chi connectivity index (χ2v) is 8.56. The quantitative estimate of drug-likeness (QED) is 0.707. The normalized spacial score (nSPS) is 17.3. The molecule has 2 aromatic heterocycles. The van der Waals surface area contributed by atoms with Gasteiger partial charge in [0.15, 0.2) is 9.84 Å². The average molecular weight is 386 g/mol. The van der Waals surface area contributed by atoms with E-state index in [1.54, 1.807) is 47.3 Å². The molecule has 1 amide bonds. The smallest absolute Gasteiger partial charge is 0.254 e. The molecule has 0 aliphatic carbocycles. The van der Waals surface area contributed by atoms with Crippen LogP contribution in [-0.2, 0) is 21.1 Å². The Morgan fingerprint density at radius 1 is 1.26 bits per heavy atom. The summed E-state index contributed by atoms with van der Waals surface area (Å²) >= 11 is 0. The van der Waals surface area contributed by atoms with Crippen molar-refractivity contribution >= 4 is 21.5 Å². The van der Waals surface area contributed by atoms with Gasteiger partial charge in [-0.05, 0) is 24.1 Å². The van der Waals surface area contributed by atoms with Crippen LogP contribution in [0.5, 0.6) is 0 Å². The first-order chi connectivity index (χ1) is 13.0. The summed E-state index contributed by atoms with van der Waals surface area (Å²) in [7, 11) is -3.37. The fourth-order valence-electron chi connectivity index (χ4n) is 2.97. The van der Waals surface area contributed by atoms with Crippen molar-refractivity contribution in [3.8, 4) is 0 Å². The van der Waals surface area contributed by atoms with Crippen LogP contribution in [0.2, 0.25) is 0 Å². The maximum Gasteiger partial charge on any atom is 0.254 e. The molecule has 1 N–H and O–H groups in total. The number of ether oxygens (including phenoxy) is 1. The third-order valence-electron chi connectivity index (χ3n) is 4.54. The lowest BCUT2D eigenvalue weighted by Gasteiger charge is -2.11. The minimum absolute atomic E-state index is 0.245. The Morgan fingerprint density at radius 2 is 2.07 bits per heavy atom. The van der Waals surface area contributed by atoms with Crippen LogP contribution >= 0.6 is 0 Å². The van der Waals surface area contributed by atoms with Crippen molar-refractivity contribution in [3.05, 3.63) is 60.2 Å². The van der Waals surface area contributed by atoms with Crippen LogP contribution in [0, 0.1) is 0 Å². The van der Waals surface area contributed by atoms with E-state index < -0.39 is 15.1 Å². The van der Waals surface area contributed by atoms with Gasteiger partial charge in [0, 0.05) is 37.9 Å². The molecule has 1 unspecified atom stereocenters. The second-order valence-electron chi connectivity index (χ2n) is 6.33. The molecule has 0 saturated carbocycles. The van der Waals surface area contributed by atoms with Crippen molar-refractivity contribution < 1.29 is 17.9 Å². The van der Waals surface area contributed by atoms with E-state index in [0.717, 1.165) is 5.56 Å². The maximum atomic E-state index is 12.5. The number of aromatic nitrogens is 3. The molecule has 1 aliphatic rings. The highest BCUT2D eigenvalue weighted by atomic mass is 32.2. The zero-order valence-electron chi connectivity index (χ0n) is 14.4. The van der Waals surface area contributed by atoms with E-state index >= 15 is 0 Å². The Kier molecular flexibility index (Phi) is 4.63. The number of hydrogen-bond acceptors (Lipinski definition) is 6. The number of hydrogen-bond donors (Lipinski definition) is 1. The highest BCUT2D eigenvalue weighted by Crippen LogP contribution is 2.22. The molecule has 4 rings (SSSR count). The number of carbonyl (C=O) groups is 1. The van der Waals surface area contributed by atoms with Gasteiger partial charge in [0.2, 0.25) is 5.78 Å². The number of amides is 1. The van der Waals surface area contributed by atoms with E-state index in [0.29, 0.717) is 24.4 Å². The Morgan fingerprint density at radius 3 is 2.81 bits per heavy atom. The Hall–Kier alpha value is -2.78. The molecule has 27 heavy (non-hydrogen) atoms. The highest BCUT2D eigenvalue weighted by molar-refractivity contribution is 7.92. The van der Waals surface area contributed by atoms with Gasteiger partial charge in [-0.25, -0.2) is 18.4 Å². The SMILES string of the molecule is O=C(NCc1ccc(S(=O)(=O)C2CCOC2)cc1)c1cnc2nccn2c1.